The molecule has 0 spiro atoms. The Bertz CT molecular complexity index is 474. The lowest BCUT2D eigenvalue weighted by atomic mass is 9.94. The van der Waals surface area contributed by atoms with Crippen molar-refractivity contribution in [2.45, 2.75) is 37.8 Å². The van der Waals surface area contributed by atoms with Gasteiger partial charge in [-0.25, -0.2) is 0 Å². The summed E-state index contributed by atoms with van der Waals surface area (Å²) in [6, 6.07) is 8.15. The molecule has 4 rings (SSSR count). The van der Waals surface area contributed by atoms with Crippen LogP contribution < -0.4 is 5.32 Å². The lowest BCUT2D eigenvalue weighted by Gasteiger charge is -2.25. The topological polar surface area (TPSA) is 15.3 Å². The van der Waals surface area contributed by atoms with E-state index in [1.165, 1.54) is 49.8 Å². The van der Waals surface area contributed by atoms with Crippen molar-refractivity contribution in [1.82, 2.24) is 10.2 Å². The maximum atomic E-state index is 3.72. The minimum absolute atomic E-state index is 0.667. The predicted molar refractivity (Wildman–Crippen MR) is 81.3 cm³/mol. The first-order chi connectivity index (χ1) is 9.33. The predicted octanol–water partition coefficient (Wildman–Crippen LogP) is 3.12. The fraction of sp³-hybridized carbons (Fsp3) is 0.625. The molecule has 2 heterocycles. The second kappa shape index (κ2) is 4.87. The van der Waals surface area contributed by atoms with Crippen molar-refractivity contribution < 1.29 is 0 Å². The molecule has 0 aromatic heterocycles. The van der Waals surface area contributed by atoms with Crippen LogP contribution in [0.4, 0.5) is 0 Å². The van der Waals surface area contributed by atoms with E-state index in [9.17, 15) is 0 Å². The Kier molecular flexibility index (Phi) is 3.17. The van der Waals surface area contributed by atoms with Crippen LogP contribution in [0.25, 0.3) is 0 Å². The third kappa shape index (κ3) is 2.07. The van der Waals surface area contributed by atoms with Gasteiger partial charge in [0.15, 0.2) is 0 Å². The Labute approximate surface area is 123 Å². The van der Waals surface area contributed by atoms with Crippen LogP contribution in [0.1, 0.15) is 36.4 Å². The summed E-state index contributed by atoms with van der Waals surface area (Å²) in [6.07, 6.45) is 5.33. The van der Waals surface area contributed by atoms with Gasteiger partial charge in [0.2, 0.25) is 0 Å². The van der Waals surface area contributed by atoms with Crippen molar-refractivity contribution in [1.29, 1.82) is 0 Å². The van der Waals surface area contributed by atoms with Gasteiger partial charge in [-0.15, -0.1) is 0 Å². The lowest BCUT2D eigenvalue weighted by Crippen LogP contribution is -2.40. The number of likely N-dealkylation sites (tertiary alicyclic amines) is 1. The molecular weight excluding hydrogens is 300 g/mol. The molecule has 0 bridgehead atoms. The largest absolute Gasteiger partial charge is 0.312 e. The molecule has 1 aromatic carbocycles. The van der Waals surface area contributed by atoms with E-state index in [4.69, 9.17) is 0 Å². The van der Waals surface area contributed by atoms with Gasteiger partial charge in [-0.2, -0.15) is 0 Å². The van der Waals surface area contributed by atoms with Crippen LogP contribution in [0.3, 0.4) is 0 Å². The number of rotatable bonds is 1. The molecule has 3 aliphatic rings. The number of piperidine rings is 1. The van der Waals surface area contributed by atoms with E-state index in [-0.39, 0.29) is 0 Å². The normalized spacial score (nSPS) is 34.3. The summed E-state index contributed by atoms with van der Waals surface area (Å²) >= 11 is 3.71. The number of benzene rings is 1. The quantitative estimate of drug-likeness (QED) is 0.855. The lowest BCUT2D eigenvalue weighted by molar-refractivity contribution is 0.234. The molecule has 3 atom stereocenters. The summed E-state index contributed by atoms with van der Waals surface area (Å²) in [5.41, 5.74) is 3.13. The maximum absolute atomic E-state index is 3.72. The van der Waals surface area contributed by atoms with Gasteiger partial charge in [-0.3, -0.25) is 4.90 Å². The molecule has 2 fully saturated rings. The summed E-state index contributed by atoms with van der Waals surface area (Å²) in [7, 11) is 0. The van der Waals surface area contributed by atoms with E-state index in [0.717, 1.165) is 12.0 Å². The highest BCUT2D eigenvalue weighted by molar-refractivity contribution is 9.10. The second-order valence-electron chi connectivity index (χ2n) is 6.28. The minimum Gasteiger partial charge on any atom is -0.312 e. The number of nitrogens with zero attached hydrogens (tertiary/aromatic N) is 1. The van der Waals surface area contributed by atoms with Crippen LogP contribution in [0.2, 0.25) is 0 Å². The summed E-state index contributed by atoms with van der Waals surface area (Å²) in [5, 5.41) is 3.72. The van der Waals surface area contributed by atoms with E-state index in [1.807, 2.05) is 0 Å². The summed E-state index contributed by atoms with van der Waals surface area (Å²) < 4.78 is 1.31. The van der Waals surface area contributed by atoms with Crippen LogP contribution in [0.15, 0.2) is 22.7 Å². The minimum atomic E-state index is 0.667. The monoisotopic (exact) mass is 320 g/mol. The van der Waals surface area contributed by atoms with Crippen LogP contribution in [0.5, 0.6) is 0 Å². The van der Waals surface area contributed by atoms with Gasteiger partial charge in [0, 0.05) is 29.6 Å². The highest BCUT2D eigenvalue weighted by Gasteiger charge is 2.39. The fourth-order valence-corrected chi connectivity index (χ4v) is 4.88. The first-order valence-corrected chi connectivity index (χ1v) is 8.37. The van der Waals surface area contributed by atoms with E-state index in [0.29, 0.717) is 6.04 Å². The SMILES string of the molecule is Brc1cccc2c1CCC2N1C[C@@H]2CCCN[C@@H]2C1. The van der Waals surface area contributed by atoms with Gasteiger partial charge in [0.05, 0.1) is 0 Å². The van der Waals surface area contributed by atoms with E-state index in [1.54, 1.807) is 11.1 Å². The Morgan fingerprint density at radius 3 is 3.05 bits per heavy atom. The van der Waals surface area contributed by atoms with E-state index < -0.39 is 0 Å². The molecule has 102 valence electrons. The van der Waals surface area contributed by atoms with Crippen molar-refractivity contribution >= 4 is 15.9 Å². The van der Waals surface area contributed by atoms with Gasteiger partial charge in [0.1, 0.15) is 0 Å². The molecule has 0 saturated carbocycles. The second-order valence-corrected chi connectivity index (χ2v) is 7.13. The first-order valence-electron chi connectivity index (χ1n) is 7.57. The van der Waals surface area contributed by atoms with Gasteiger partial charge in [-0.05, 0) is 55.3 Å². The average molecular weight is 321 g/mol. The van der Waals surface area contributed by atoms with Crippen LogP contribution >= 0.6 is 15.9 Å². The Hall–Kier alpha value is -0.380. The van der Waals surface area contributed by atoms with Crippen LogP contribution in [-0.4, -0.2) is 30.6 Å². The summed E-state index contributed by atoms with van der Waals surface area (Å²) in [4.78, 5) is 2.74. The molecule has 2 saturated heterocycles. The molecule has 1 aromatic rings. The Morgan fingerprint density at radius 1 is 1.21 bits per heavy atom. The molecule has 0 radical (unpaired) electrons. The zero-order valence-corrected chi connectivity index (χ0v) is 12.8. The molecule has 2 aliphatic heterocycles. The number of hydrogen-bond donors (Lipinski definition) is 1. The summed E-state index contributed by atoms with van der Waals surface area (Å²) in [6.45, 7) is 3.78. The fourth-order valence-electron chi connectivity index (χ4n) is 4.30. The molecule has 1 unspecified atom stereocenters. The molecule has 19 heavy (non-hydrogen) atoms. The Morgan fingerprint density at radius 2 is 2.16 bits per heavy atom. The first kappa shape index (κ1) is 12.4. The third-order valence-electron chi connectivity index (χ3n) is 5.25. The molecule has 2 nitrogen and oxygen atoms in total. The van der Waals surface area contributed by atoms with Gasteiger partial charge < -0.3 is 5.32 Å². The molecule has 1 aliphatic carbocycles. The zero-order valence-electron chi connectivity index (χ0n) is 11.2. The molecular formula is C16H21BrN2. The van der Waals surface area contributed by atoms with Crippen molar-refractivity contribution in [2.24, 2.45) is 5.92 Å². The van der Waals surface area contributed by atoms with Crippen molar-refractivity contribution in [3.63, 3.8) is 0 Å². The molecule has 0 amide bonds. The number of hydrogen-bond acceptors (Lipinski definition) is 2. The van der Waals surface area contributed by atoms with Crippen LogP contribution in [0, 0.1) is 5.92 Å². The van der Waals surface area contributed by atoms with Gasteiger partial charge in [-0.1, -0.05) is 28.1 Å². The highest BCUT2D eigenvalue weighted by atomic mass is 79.9. The summed E-state index contributed by atoms with van der Waals surface area (Å²) in [5.74, 6) is 0.893. The number of fused-ring (bicyclic) bond motifs is 2. The van der Waals surface area contributed by atoms with Crippen molar-refractivity contribution in [3.05, 3.63) is 33.8 Å². The van der Waals surface area contributed by atoms with Gasteiger partial charge >= 0.3 is 0 Å². The Balaban J connectivity index is 1.58. The average Bonchev–Trinajstić information content (AvgIpc) is 3.02. The standard InChI is InChI=1S/C16H21BrN2/c17-14-5-1-4-13-12(14)6-7-16(13)19-9-11-3-2-8-18-15(11)10-19/h1,4-5,11,15-16,18H,2-3,6-10H2/t11-,15+,16?/m0/s1. The van der Waals surface area contributed by atoms with Crippen molar-refractivity contribution in [2.75, 3.05) is 19.6 Å². The number of nitrogens with one attached hydrogen (secondary N) is 1. The maximum Gasteiger partial charge on any atom is 0.0355 e. The smallest absolute Gasteiger partial charge is 0.0355 e. The van der Waals surface area contributed by atoms with E-state index >= 15 is 0 Å². The highest BCUT2D eigenvalue weighted by Crippen LogP contribution is 2.41. The third-order valence-corrected chi connectivity index (χ3v) is 5.99. The zero-order chi connectivity index (χ0) is 12.8. The van der Waals surface area contributed by atoms with Gasteiger partial charge in [0.25, 0.3) is 0 Å². The van der Waals surface area contributed by atoms with E-state index in [2.05, 4.69) is 44.3 Å². The van der Waals surface area contributed by atoms with Crippen LogP contribution in [-0.2, 0) is 6.42 Å². The molecule has 1 N–H and O–H groups in total. The van der Waals surface area contributed by atoms with Crippen molar-refractivity contribution in [3.8, 4) is 0 Å². The molecule has 3 heteroatoms. The number of halogens is 1.